The van der Waals surface area contributed by atoms with Gasteiger partial charge in [-0.05, 0) is 25.1 Å². The van der Waals surface area contributed by atoms with E-state index < -0.39 is 6.04 Å². The summed E-state index contributed by atoms with van der Waals surface area (Å²) >= 11 is 12.1. The Kier molecular flexibility index (Phi) is 5.31. The van der Waals surface area contributed by atoms with E-state index in [4.69, 9.17) is 28.6 Å². The molecule has 0 saturated carbocycles. The number of nitrogens with one attached hydrogen (secondary N) is 1. The lowest BCUT2D eigenvalue weighted by molar-refractivity contribution is -0.117. The fourth-order valence-electron chi connectivity index (χ4n) is 2.69. The highest BCUT2D eigenvalue weighted by Gasteiger charge is 2.43. The molecule has 11 heteroatoms. The van der Waals surface area contributed by atoms with Gasteiger partial charge in [0.2, 0.25) is 23.8 Å². The van der Waals surface area contributed by atoms with Gasteiger partial charge in [-0.15, -0.1) is 0 Å². The fourth-order valence-corrected chi connectivity index (χ4v) is 2.98. The summed E-state index contributed by atoms with van der Waals surface area (Å²) < 4.78 is 0. The normalized spacial score (nSPS) is 16.8. The molecule has 1 saturated heterocycles. The van der Waals surface area contributed by atoms with Crippen LogP contribution in [-0.2, 0) is 4.79 Å². The third-order valence-electron chi connectivity index (χ3n) is 4.18. The van der Waals surface area contributed by atoms with E-state index >= 15 is 0 Å². The first kappa shape index (κ1) is 20.1. The van der Waals surface area contributed by atoms with E-state index in [2.05, 4.69) is 15.0 Å². The van der Waals surface area contributed by atoms with Crippen molar-refractivity contribution in [1.29, 1.82) is 5.41 Å². The molecule has 2 aromatic rings. The molecule has 1 aliphatic rings. The largest absolute Gasteiger partial charge is 0.347 e. The summed E-state index contributed by atoms with van der Waals surface area (Å²) in [5.41, 5.74) is 0.452. The molecule has 1 amide bonds. The average molecular weight is 423 g/mol. The van der Waals surface area contributed by atoms with Gasteiger partial charge in [-0.1, -0.05) is 23.2 Å². The van der Waals surface area contributed by atoms with Gasteiger partial charge in [-0.25, -0.2) is 4.90 Å². The third-order valence-corrected chi connectivity index (χ3v) is 4.92. The van der Waals surface area contributed by atoms with Crippen LogP contribution in [0.2, 0.25) is 10.0 Å². The molecule has 0 unspecified atom stereocenters. The molecule has 148 valence electrons. The number of halogens is 2. The Labute approximate surface area is 173 Å². The van der Waals surface area contributed by atoms with Crippen LogP contribution in [0.5, 0.6) is 0 Å². The lowest BCUT2D eigenvalue weighted by Crippen LogP contribution is -2.36. The van der Waals surface area contributed by atoms with Crippen LogP contribution in [-0.4, -0.2) is 61.1 Å². The maximum atomic E-state index is 12.9. The summed E-state index contributed by atoms with van der Waals surface area (Å²) in [6, 6.07) is 4.11. The molecule has 0 bridgehead atoms. The predicted molar refractivity (Wildman–Crippen MR) is 112 cm³/mol. The number of aromatic nitrogens is 3. The van der Waals surface area contributed by atoms with Crippen molar-refractivity contribution in [2.45, 2.75) is 13.0 Å². The quantitative estimate of drug-likeness (QED) is 0.808. The molecule has 1 fully saturated rings. The number of carbonyl (C=O) groups excluding carboxylic acids is 1. The molecule has 1 aliphatic heterocycles. The number of carbonyl (C=O) groups is 1. The van der Waals surface area contributed by atoms with Crippen LogP contribution in [0, 0.1) is 5.41 Å². The van der Waals surface area contributed by atoms with Crippen molar-refractivity contribution in [1.82, 2.24) is 15.0 Å². The van der Waals surface area contributed by atoms with Gasteiger partial charge in [0, 0.05) is 28.2 Å². The number of rotatable bonds is 4. The molecular formula is C17H20Cl2N8O. The molecule has 0 radical (unpaired) electrons. The second-order valence-corrected chi connectivity index (χ2v) is 7.48. The van der Waals surface area contributed by atoms with E-state index in [-0.39, 0.29) is 17.8 Å². The Balaban J connectivity index is 2.07. The Morgan fingerprint density at radius 2 is 1.57 bits per heavy atom. The molecular weight excluding hydrogens is 403 g/mol. The van der Waals surface area contributed by atoms with Crippen molar-refractivity contribution in [3.8, 4) is 0 Å². The van der Waals surface area contributed by atoms with Crippen LogP contribution in [0.4, 0.5) is 23.5 Å². The number of guanidine groups is 1. The number of anilines is 4. The van der Waals surface area contributed by atoms with E-state index in [9.17, 15) is 4.79 Å². The number of nitrogens with zero attached hydrogens (tertiary/aromatic N) is 7. The highest BCUT2D eigenvalue weighted by atomic mass is 35.5. The molecule has 3 rings (SSSR count). The van der Waals surface area contributed by atoms with E-state index in [1.165, 1.54) is 9.80 Å². The Morgan fingerprint density at radius 1 is 1.00 bits per heavy atom. The van der Waals surface area contributed by atoms with Gasteiger partial charge in [-0.3, -0.25) is 15.1 Å². The number of amides is 1. The minimum Gasteiger partial charge on any atom is -0.347 e. The molecule has 0 aliphatic carbocycles. The molecule has 0 spiro atoms. The molecule has 1 N–H and O–H groups in total. The van der Waals surface area contributed by atoms with E-state index in [1.54, 1.807) is 34.9 Å². The van der Waals surface area contributed by atoms with Gasteiger partial charge in [0.1, 0.15) is 6.04 Å². The van der Waals surface area contributed by atoms with Crippen molar-refractivity contribution in [2.24, 2.45) is 0 Å². The topological polar surface area (TPSA) is 92.6 Å². The molecule has 9 nitrogen and oxygen atoms in total. The molecule has 28 heavy (non-hydrogen) atoms. The highest BCUT2D eigenvalue weighted by molar-refractivity contribution is 6.42. The van der Waals surface area contributed by atoms with Crippen molar-refractivity contribution in [3.05, 3.63) is 28.2 Å². The Hall–Kier alpha value is -2.65. The fraction of sp³-hybridized carbons (Fsp3) is 0.353. The smallest absolute Gasteiger partial charge is 0.256 e. The van der Waals surface area contributed by atoms with Gasteiger partial charge in [-0.2, -0.15) is 15.0 Å². The Morgan fingerprint density at radius 3 is 2.07 bits per heavy atom. The lowest BCUT2D eigenvalue weighted by Gasteiger charge is -2.23. The highest BCUT2D eigenvalue weighted by Crippen LogP contribution is 2.32. The summed E-state index contributed by atoms with van der Waals surface area (Å²) in [7, 11) is 7.24. The van der Waals surface area contributed by atoms with E-state index in [0.717, 1.165) is 0 Å². The van der Waals surface area contributed by atoms with Crippen molar-refractivity contribution >= 4 is 58.6 Å². The monoisotopic (exact) mass is 422 g/mol. The first-order valence-electron chi connectivity index (χ1n) is 8.39. The third kappa shape index (κ3) is 3.43. The van der Waals surface area contributed by atoms with E-state index in [1.807, 2.05) is 28.2 Å². The van der Waals surface area contributed by atoms with Gasteiger partial charge in [0.15, 0.2) is 0 Å². The first-order valence-corrected chi connectivity index (χ1v) is 9.15. The minimum absolute atomic E-state index is 0.0727. The summed E-state index contributed by atoms with van der Waals surface area (Å²) in [5, 5.41) is 9.28. The second kappa shape index (κ2) is 7.40. The molecule has 1 aromatic heterocycles. The zero-order valence-electron chi connectivity index (χ0n) is 16.1. The predicted octanol–water partition coefficient (Wildman–Crippen LogP) is 2.49. The van der Waals surface area contributed by atoms with Crippen LogP contribution < -0.4 is 19.6 Å². The van der Waals surface area contributed by atoms with Crippen LogP contribution in [0.25, 0.3) is 0 Å². The lowest BCUT2D eigenvalue weighted by atomic mass is 10.2. The number of hydrogen-bond donors (Lipinski definition) is 1. The van der Waals surface area contributed by atoms with E-state index in [0.29, 0.717) is 27.6 Å². The van der Waals surface area contributed by atoms with Crippen LogP contribution in [0.3, 0.4) is 0 Å². The summed E-state index contributed by atoms with van der Waals surface area (Å²) in [5.74, 6) is 0.706. The maximum absolute atomic E-state index is 12.9. The summed E-state index contributed by atoms with van der Waals surface area (Å²) in [4.78, 5) is 32.3. The van der Waals surface area contributed by atoms with Crippen LogP contribution in [0.15, 0.2) is 18.2 Å². The first-order chi connectivity index (χ1) is 13.1. The molecule has 1 atom stereocenters. The van der Waals surface area contributed by atoms with Crippen LogP contribution in [0.1, 0.15) is 6.92 Å². The second-order valence-electron chi connectivity index (χ2n) is 6.67. The minimum atomic E-state index is -0.672. The standard InChI is InChI=1S/C17H20Cl2N8O/c1-9-13(28)27(10-6-7-11(18)12(19)8-10)14(20)26(9)17-22-15(24(2)3)21-16(23-17)25(4)5/h6-9,20H,1-5H3/t9-/m0/s1. The zero-order valence-corrected chi connectivity index (χ0v) is 17.6. The summed E-state index contributed by atoms with van der Waals surface area (Å²) in [6.07, 6.45) is 0. The number of hydrogen-bond acceptors (Lipinski definition) is 7. The van der Waals surface area contributed by atoms with Gasteiger partial charge in [0.05, 0.1) is 15.7 Å². The molecule has 2 heterocycles. The summed E-state index contributed by atoms with van der Waals surface area (Å²) in [6.45, 7) is 1.70. The zero-order chi connectivity index (χ0) is 20.7. The molecule has 1 aromatic carbocycles. The Bertz CT molecular complexity index is 922. The van der Waals surface area contributed by atoms with Gasteiger partial charge >= 0.3 is 0 Å². The van der Waals surface area contributed by atoms with Crippen LogP contribution >= 0.6 is 23.2 Å². The van der Waals surface area contributed by atoms with Crippen molar-refractivity contribution in [2.75, 3.05) is 47.8 Å². The van der Waals surface area contributed by atoms with Gasteiger partial charge in [0.25, 0.3) is 5.91 Å². The van der Waals surface area contributed by atoms with Crippen molar-refractivity contribution in [3.63, 3.8) is 0 Å². The SMILES string of the molecule is C[C@H]1C(=O)N(c2ccc(Cl)c(Cl)c2)C(=N)N1c1nc(N(C)C)nc(N(C)C)n1. The number of benzene rings is 1. The maximum Gasteiger partial charge on any atom is 0.256 e. The average Bonchev–Trinajstić information content (AvgIpc) is 2.86. The van der Waals surface area contributed by atoms with Gasteiger partial charge < -0.3 is 9.80 Å². The van der Waals surface area contributed by atoms with Crippen molar-refractivity contribution < 1.29 is 4.79 Å².